The molecule has 2 aromatic rings. The molecule has 1 atom stereocenters. The number of hydrogen-bond donors (Lipinski definition) is 3. The maximum absolute atomic E-state index is 13.2. The van der Waals surface area contributed by atoms with Gasteiger partial charge in [-0.25, -0.2) is 8.78 Å². The Morgan fingerprint density at radius 2 is 1.54 bits per heavy atom. The number of phenolic OH excluding ortho intramolecular Hbond substituents is 1. The Kier molecular flexibility index (Phi) is 10.0. The van der Waals surface area contributed by atoms with Crippen molar-refractivity contribution in [3.63, 3.8) is 0 Å². The summed E-state index contributed by atoms with van der Waals surface area (Å²) in [6, 6.07) is 9.11. The van der Waals surface area contributed by atoms with Crippen molar-refractivity contribution in [2.45, 2.75) is 97.0 Å². The summed E-state index contributed by atoms with van der Waals surface area (Å²) in [7, 11) is 0. The van der Waals surface area contributed by atoms with E-state index in [0.717, 1.165) is 42.2 Å². The number of aromatic hydroxyl groups is 1. The lowest BCUT2D eigenvalue weighted by molar-refractivity contribution is -0.163. The highest BCUT2D eigenvalue weighted by Crippen LogP contribution is 2.39. The fraction of sp³-hybridized carbons (Fsp3) is 0.517. The number of benzene rings is 2. The molecule has 0 aliphatic carbocycles. The van der Waals surface area contributed by atoms with Crippen molar-refractivity contribution in [3.8, 4) is 11.5 Å². The van der Waals surface area contributed by atoms with Crippen molar-refractivity contribution in [2.24, 2.45) is 0 Å². The SMILES string of the molecule is CCC(Oc1ccc(C(C)(C)CC)cc1C(C)(C)CC)C(=O)Nc1ccc(NC(=O)C(F)(F)C(F)F)cc1O. The molecule has 2 aromatic carbocycles. The van der Waals surface area contributed by atoms with E-state index in [1.807, 2.05) is 12.1 Å². The minimum atomic E-state index is -4.90. The number of carbonyl (C=O) groups is 2. The normalized spacial score (nSPS) is 13.2. The molecule has 0 saturated heterocycles. The predicted octanol–water partition coefficient (Wildman–Crippen LogP) is 7.40. The second kappa shape index (κ2) is 12.3. The van der Waals surface area contributed by atoms with Crippen molar-refractivity contribution in [1.82, 2.24) is 0 Å². The Labute approximate surface area is 227 Å². The van der Waals surface area contributed by atoms with Crippen LogP contribution in [0.1, 0.15) is 78.9 Å². The summed E-state index contributed by atoms with van der Waals surface area (Å²) < 4.78 is 57.4. The van der Waals surface area contributed by atoms with Gasteiger partial charge in [0.25, 0.3) is 5.91 Å². The van der Waals surface area contributed by atoms with Gasteiger partial charge in [-0.05, 0) is 53.9 Å². The molecule has 0 aliphatic rings. The van der Waals surface area contributed by atoms with Gasteiger partial charge in [0.2, 0.25) is 0 Å². The molecule has 0 bridgehead atoms. The summed E-state index contributed by atoms with van der Waals surface area (Å²) in [4.78, 5) is 24.5. The van der Waals surface area contributed by atoms with Gasteiger partial charge in [0.1, 0.15) is 11.5 Å². The van der Waals surface area contributed by atoms with Crippen LogP contribution in [0.3, 0.4) is 0 Å². The van der Waals surface area contributed by atoms with Gasteiger partial charge in [0.15, 0.2) is 6.10 Å². The van der Waals surface area contributed by atoms with Gasteiger partial charge in [-0.15, -0.1) is 0 Å². The van der Waals surface area contributed by atoms with E-state index in [0.29, 0.717) is 12.2 Å². The minimum Gasteiger partial charge on any atom is -0.506 e. The summed E-state index contributed by atoms with van der Waals surface area (Å²) >= 11 is 0. The van der Waals surface area contributed by atoms with Crippen LogP contribution in [-0.2, 0) is 20.4 Å². The Morgan fingerprint density at radius 1 is 0.923 bits per heavy atom. The average Bonchev–Trinajstić information content (AvgIpc) is 2.88. The fourth-order valence-electron chi connectivity index (χ4n) is 3.69. The second-order valence-corrected chi connectivity index (χ2v) is 10.8. The lowest BCUT2D eigenvalue weighted by atomic mass is 9.76. The Morgan fingerprint density at radius 3 is 2.05 bits per heavy atom. The zero-order chi connectivity index (χ0) is 29.8. The van der Waals surface area contributed by atoms with E-state index in [-0.39, 0.29) is 22.2 Å². The van der Waals surface area contributed by atoms with Crippen molar-refractivity contribution in [3.05, 3.63) is 47.5 Å². The number of phenols is 1. The molecule has 0 spiro atoms. The molecule has 3 N–H and O–H groups in total. The third-order valence-electron chi connectivity index (χ3n) is 7.28. The molecule has 0 heterocycles. The molecule has 1 unspecified atom stereocenters. The molecular weight excluding hydrogens is 516 g/mol. The summed E-state index contributed by atoms with van der Waals surface area (Å²) in [5, 5.41) is 14.4. The van der Waals surface area contributed by atoms with E-state index >= 15 is 0 Å². The monoisotopic (exact) mass is 554 g/mol. The van der Waals surface area contributed by atoms with Gasteiger partial charge in [-0.2, -0.15) is 8.78 Å². The van der Waals surface area contributed by atoms with E-state index in [1.54, 1.807) is 12.2 Å². The number of anilines is 2. The molecule has 6 nitrogen and oxygen atoms in total. The molecule has 0 saturated carbocycles. The molecule has 0 fully saturated rings. The highest BCUT2D eigenvalue weighted by atomic mass is 19.3. The van der Waals surface area contributed by atoms with Gasteiger partial charge in [-0.3, -0.25) is 9.59 Å². The highest BCUT2D eigenvalue weighted by Gasteiger charge is 2.49. The summed E-state index contributed by atoms with van der Waals surface area (Å²) in [5.74, 6) is -7.67. The van der Waals surface area contributed by atoms with E-state index in [2.05, 4.69) is 52.9 Å². The molecular formula is C29H38F4N2O4. The van der Waals surface area contributed by atoms with Crippen LogP contribution in [0, 0.1) is 0 Å². The van der Waals surface area contributed by atoms with Crippen LogP contribution in [0.5, 0.6) is 11.5 Å². The van der Waals surface area contributed by atoms with Gasteiger partial charge in [0.05, 0.1) is 5.69 Å². The Bertz CT molecular complexity index is 1180. The lowest BCUT2D eigenvalue weighted by Crippen LogP contribution is -2.40. The predicted molar refractivity (Wildman–Crippen MR) is 144 cm³/mol. The number of amides is 2. The average molecular weight is 555 g/mol. The maximum atomic E-state index is 13.2. The van der Waals surface area contributed by atoms with Crippen LogP contribution in [0.25, 0.3) is 0 Å². The summed E-state index contributed by atoms with van der Waals surface area (Å²) in [5.41, 5.74) is 1.44. The number of carbonyl (C=O) groups excluding carboxylic acids is 2. The van der Waals surface area contributed by atoms with Crippen LogP contribution in [0.15, 0.2) is 36.4 Å². The summed E-state index contributed by atoms with van der Waals surface area (Å²) in [6.07, 6.45) is -3.03. The minimum absolute atomic E-state index is 0.0445. The third-order valence-corrected chi connectivity index (χ3v) is 7.28. The van der Waals surface area contributed by atoms with Crippen LogP contribution < -0.4 is 15.4 Å². The maximum Gasteiger partial charge on any atom is 0.383 e. The van der Waals surface area contributed by atoms with Crippen LogP contribution >= 0.6 is 0 Å². The molecule has 0 radical (unpaired) electrons. The molecule has 39 heavy (non-hydrogen) atoms. The van der Waals surface area contributed by atoms with Crippen molar-refractivity contribution in [2.75, 3.05) is 10.6 Å². The molecule has 0 aromatic heterocycles. The number of nitrogens with one attached hydrogen (secondary N) is 2. The Hall–Kier alpha value is -3.30. The standard InChI is InChI=1S/C29H38F4N2O4/c1-8-22(39-23-14-11-17(27(4,5)9-2)15-19(23)28(6,7)10-3)24(37)35-20-13-12-18(16-21(20)36)34-26(38)29(32,33)25(30)31/h11-16,22,25,36H,8-10H2,1-7H3,(H,34,38)(H,35,37). The number of ether oxygens (including phenoxy) is 1. The van der Waals surface area contributed by atoms with E-state index in [1.165, 1.54) is 0 Å². The van der Waals surface area contributed by atoms with E-state index in [9.17, 15) is 32.3 Å². The molecule has 216 valence electrons. The van der Waals surface area contributed by atoms with Crippen LogP contribution in [-0.4, -0.2) is 35.4 Å². The molecule has 0 aliphatic heterocycles. The van der Waals surface area contributed by atoms with Crippen molar-refractivity contribution >= 4 is 23.2 Å². The van der Waals surface area contributed by atoms with Crippen molar-refractivity contribution in [1.29, 1.82) is 0 Å². The number of hydrogen-bond acceptors (Lipinski definition) is 4. The van der Waals surface area contributed by atoms with Crippen molar-refractivity contribution < 1.29 is 37.0 Å². The molecule has 2 rings (SSSR count). The van der Waals surface area contributed by atoms with E-state index < -0.39 is 36.0 Å². The first-order valence-electron chi connectivity index (χ1n) is 12.9. The first kappa shape index (κ1) is 31.9. The smallest absolute Gasteiger partial charge is 0.383 e. The second-order valence-electron chi connectivity index (χ2n) is 10.8. The molecule has 2 amide bonds. The van der Waals surface area contributed by atoms with Crippen LogP contribution in [0.4, 0.5) is 28.9 Å². The largest absolute Gasteiger partial charge is 0.506 e. The topological polar surface area (TPSA) is 87.7 Å². The Balaban J connectivity index is 2.27. The van der Waals surface area contributed by atoms with E-state index in [4.69, 9.17) is 4.74 Å². The fourth-order valence-corrected chi connectivity index (χ4v) is 3.69. The lowest BCUT2D eigenvalue weighted by Gasteiger charge is -2.31. The number of rotatable bonds is 12. The van der Waals surface area contributed by atoms with Crippen LogP contribution in [0.2, 0.25) is 0 Å². The van der Waals surface area contributed by atoms with Gasteiger partial charge < -0.3 is 20.5 Å². The highest BCUT2D eigenvalue weighted by molar-refractivity contribution is 5.98. The zero-order valence-electron chi connectivity index (χ0n) is 23.4. The van der Waals surface area contributed by atoms with Gasteiger partial charge >= 0.3 is 18.3 Å². The number of alkyl halides is 4. The number of halogens is 4. The third kappa shape index (κ3) is 7.42. The summed E-state index contributed by atoms with van der Waals surface area (Å²) in [6.45, 7) is 14.5. The van der Waals surface area contributed by atoms with Gasteiger partial charge in [0, 0.05) is 17.3 Å². The molecule has 10 heteroatoms. The first-order chi connectivity index (χ1) is 18.0. The zero-order valence-corrected chi connectivity index (χ0v) is 23.4. The van der Waals surface area contributed by atoms with Gasteiger partial charge in [-0.1, -0.05) is 60.6 Å². The first-order valence-corrected chi connectivity index (χ1v) is 12.9. The quantitative estimate of drug-likeness (QED) is 0.188.